The van der Waals surface area contributed by atoms with Crippen molar-refractivity contribution in [1.82, 2.24) is 5.32 Å². The van der Waals surface area contributed by atoms with Gasteiger partial charge in [-0.25, -0.2) is 0 Å². The Kier molecular flexibility index (Phi) is 3.32. The molecule has 4 fully saturated rings. The standard InChI is InChI=1S/C18H22N2O3/c21-10-19-15-3-1-2-14(16(15)22)17(23)20-18-7-11-4-12(8-18)6-13(5-11)9-18/h1-3,10-13,22H,4-9H2,(H,19,21)(H,20,23). The van der Waals surface area contributed by atoms with Crippen LogP contribution in [0.4, 0.5) is 5.69 Å². The van der Waals surface area contributed by atoms with Crippen molar-refractivity contribution in [2.45, 2.75) is 44.1 Å². The number of para-hydroxylation sites is 1. The molecule has 4 bridgehead atoms. The Morgan fingerprint density at radius 1 is 1.13 bits per heavy atom. The van der Waals surface area contributed by atoms with Crippen LogP contribution in [0.1, 0.15) is 48.9 Å². The lowest BCUT2D eigenvalue weighted by Crippen LogP contribution is -2.59. The zero-order valence-electron chi connectivity index (χ0n) is 13.0. The van der Waals surface area contributed by atoms with Crippen molar-refractivity contribution in [3.63, 3.8) is 0 Å². The lowest BCUT2D eigenvalue weighted by atomic mass is 9.53. The number of carbonyl (C=O) groups excluding carboxylic acids is 2. The number of benzene rings is 1. The van der Waals surface area contributed by atoms with E-state index in [9.17, 15) is 14.7 Å². The Bertz CT molecular complexity index is 620. The summed E-state index contributed by atoms with van der Waals surface area (Å²) in [6, 6.07) is 4.84. The van der Waals surface area contributed by atoms with Gasteiger partial charge in [0.15, 0.2) is 5.75 Å². The van der Waals surface area contributed by atoms with Gasteiger partial charge in [0, 0.05) is 5.54 Å². The Morgan fingerprint density at radius 3 is 2.30 bits per heavy atom. The van der Waals surface area contributed by atoms with Gasteiger partial charge in [0.1, 0.15) is 0 Å². The minimum atomic E-state index is -0.237. The van der Waals surface area contributed by atoms with Crippen molar-refractivity contribution < 1.29 is 14.7 Å². The lowest BCUT2D eigenvalue weighted by Gasteiger charge is -2.56. The van der Waals surface area contributed by atoms with Gasteiger partial charge < -0.3 is 15.7 Å². The maximum atomic E-state index is 12.7. The number of hydrogen-bond donors (Lipinski definition) is 3. The minimum Gasteiger partial charge on any atom is -0.505 e. The van der Waals surface area contributed by atoms with Crippen molar-refractivity contribution in [3.8, 4) is 5.75 Å². The molecule has 5 rings (SSSR count). The van der Waals surface area contributed by atoms with Gasteiger partial charge in [-0.2, -0.15) is 0 Å². The van der Waals surface area contributed by atoms with Crippen LogP contribution in [0.5, 0.6) is 5.75 Å². The first-order chi connectivity index (χ1) is 11.1. The van der Waals surface area contributed by atoms with Crippen LogP contribution in [-0.2, 0) is 4.79 Å². The molecule has 1 aromatic carbocycles. The molecule has 3 N–H and O–H groups in total. The highest BCUT2D eigenvalue weighted by Gasteiger charge is 2.51. The van der Waals surface area contributed by atoms with Gasteiger partial charge >= 0.3 is 0 Å². The van der Waals surface area contributed by atoms with Crippen LogP contribution >= 0.6 is 0 Å². The van der Waals surface area contributed by atoms with E-state index in [1.54, 1.807) is 18.2 Å². The number of aromatic hydroxyl groups is 1. The Labute approximate surface area is 135 Å². The second-order valence-electron chi connectivity index (χ2n) is 7.62. The molecule has 2 amide bonds. The van der Waals surface area contributed by atoms with Gasteiger partial charge in [0.05, 0.1) is 11.3 Å². The maximum absolute atomic E-state index is 12.7. The van der Waals surface area contributed by atoms with Gasteiger partial charge in [0.2, 0.25) is 6.41 Å². The number of rotatable bonds is 4. The van der Waals surface area contributed by atoms with Gasteiger partial charge in [-0.3, -0.25) is 9.59 Å². The SMILES string of the molecule is O=CNc1cccc(C(=O)NC23CC4CC(CC(C4)C2)C3)c1O. The van der Waals surface area contributed by atoms with Crippen molar-refractivity contribution in [2.24, 2.45) is 17.8 Å². The van der Waals surface area contributed by atoms with Crippen LogP contribution in [0.25, 0.3) is 0 Å². The summed E-state index contributed by atoms with van der Waals surface area (Å²) in [7, 11) is 0. The molecule has 0 radical (unpaired) electrons. The molecule has 0 aromatic heterocycles. The summed E-state index contributed by atoms with van der Waals surface area (Å²) in [4.78, 5) is 23.3. The molecule has 0 spiro atoms. The fourth-order valence-corrected chi connectivity index (χ4v) is 5.48. The molecule has 23 heavy (non-hydrogen) atoms. The molecule has 0 atom stereocenters. The third-order valence-corrected chi connectivity index (χ3v) is 5.91. The number of phenolic OH excluding ortho intramolecular Hbond substituents is 1. The number of nitrogens with one attached hydrogen (secondary N) is 2. The molecule has 5 nitrogen and oxygen atoms in total. The third kappa shape index (κ3) is 2.48. The quantitative estimate of drug-likeness (QED) is 0.590. The molecule has 4 saturated carbocycles. The third-order valence-electron chi connectivity index (χ3n) is 5.91. The molecule has 122 valence electrons. The van der Waals surface area contributed by atoms with E-state index in [-0.39, 0.29) is 28.4 Å². The van der Waals surface area contributed by atoms with Crippen LogP contribution in [0.3, 0.4) is 0 Å². The number of amides is 2. The molecule has 0 aliphatic heterocycles. The second kappa shape index (κ2) is 5.25. The van der Waals surface area contributed by atoms with E-state index < -0.39 is 0 Å². The zero-order valence-corrected chi connectivity index (χ0v) is 13.0. The Morgan fingerprint density at radius 2 is 1.74 bits per heavy atom. The van der Waals surface area contributed by atoms with Crippen LogP contribution in [0.2, 0.25) is 0 Å². The number of phenols is 1. The molecular weight excluding hydrogens is 292 g/mol. The van der Waals surface area contributed by atoms with E-state index >= 15 is 0 Å². The van der Waals surface area contributed by atoms with E-state index in [0.717, 1.165) is 37.0 Å². The van der Waals surface area contributed by atoms with Crippen LogP contribution in [-0.4, -0.2) is 23.0 Å². The van der Waals surface area contributed by atoms with E-state index in [1.165, 1.54) is 19.3 Å². The second-order valence-corrected chi connectivity index (χ2v) is 7.62. The number of hydrogen-bond acceptors (Lipinski definition) is 3. The smallest absolute Gasteiger partial charge is 0.255 e. The number of carbonyl (C=O) groups is 2. The minimum absolute atomic E-state index is 0.0909. The first-order valence-corrected chi connectivity index (χ1v) is 8.43. The molecule has 5 heteroatoms. The first kappa shape index (κ1) is 14.5. The molecule has 1 aromatic rings. The van der Waals surface area contributed by atoms with E-state index in [2.05, 4.69) is 10.6 Å². The van der Waals surface area contributed by atoms with Crippen molar-refractivity contribution in [1.29, 1.82) is 0 Å². The molecular formula is C18H22N2O3. The molecule has 0 heterocycles. The largest absolute Gasteiger partial charge is 0.505 e. The summed E-state index contributed by atoms with van der Waals surface area (Å²) in [5, 5.41) is 15.9. The average Bonchev–Trinajstić information content (AvgIpc) is 2.47. The average molecular weight is 314 g/mol. The fraction of sp³-hybridized carbons (Fsp3) is 0.556. The summed E-state index contributed by atoms with van der Waals surface area (Å²) in [6.45, 7) is 0. The highest BCUT2D eigenvalue weighted by molar-refractivity contribution is 5.99. The van der Waals surface area contributed by atoms with E-state index in [1.807, 2.05) is 0 Å². The molecule has 0 unspecified atom stereocenters. The number of anilines is 1. The molecule has 0 saturated heterocycles. The highest BCUT2D eigenvalue weighted by Crippen LogP contribution is 2.55. The Balaban J connectivity index is 1.56. The lowest BCUT2D eigenvalue weighted by molar-refractivity contribution is -0.105. The molecule has 4 aliphatic carbocycles. The van der Waals surface area contributed by atoms with Gasteiger partial charge in [-0.15, -0.1) is 0 Å². The summed E-state index contributed by atoms with van der Waals surface area (Å²) in [6.07, 6.45) is 7.65. The van der Waals surface area contributed by atoms with Gasteiger partial charge in [0.25, 0.3) is 5.91 Å². The van der Waals surface area contributed by atoms with Crippen molar-refractivity contribution >= 4 is 18.0 Å². The predicted molar refractivity (Wildman–Crippen MR) is 86.2 cm³/mol. The van der Waals surface area contributed by atoms with Crippen LogP contribution in [0, 0.1) is 17.8 Å². The van der Waals surface area contributed by atoms with Gasteiger partial charge in [-0.1, -0.05) is 6.07 Å². The highest BCUT2D eigenvalue weighted by atomic mass is 16.3. The predicted octanol–water partition coefficient (Wildman–Crippen LogP) is 2.66. The normalized spacial score (nSPS) is 34.2. The summed E-state index contributed by atoms with van der Waals surface area (Å²) in [5.74, 6) is 1.84. The van der Waals surface area contributed by atoms with E-state index in [4.69, 9.17) is 0 Å². The van der Waals surface area contributed by atoms with Crippen molar-refractivity contribution in [2.75, 3.05) is 5.32 Å². The first-order valence-electron chi connectivity index (χ1n) is 8.43. The maximum Gasteiger partial charge on any atom is 0.255 e. The summed E-state index contributed by atoms with van der Waals surface area (Å²) < 4.78 is 0. The summed E-state index contributed by atoms with van der Waals surface area (Å²) in [5.41, 5.74) is 0.401. The monoisotopic (exact) mass is 314 g/mol. The van der Waals surface area contributed by atoms with Crippen LogP contribution < -0.4 is 10.6 Å². The molecule has 4 aliphatic rings. The van der Waals surface area contributed by atoms with Gasteiger partial charge in [-0.05, 0) is 68.4 Å². The van der Waals surface area contributed by atoms with Crippen molar-refractivity contribution in [3.05, 3.63) is 23.8 Å². The topological polar surface area (TPSA) is 78.4 Å². The zero-order chi connectivity index (χ0) is 16.0. The van der Waals surface area contributed by atoms with E-state index in [0.29, 0.717) is 6.41 Å². The Hall–Kier alpha value is -2.04. The fourth-order valence-electron chi connectivity index (χ4n) is 5.48. The summed E-state index contributed by atoms with van der Waals surface area (Å²) >= 11 is 0. The van der Waals surface area contributed by atoms with Crippen LogP contribution in [0.15, 0.2) is 18.2 Å².